The lowest BCUT2D eigenvalue weighted by Crippen LogP contribution is -2.22. The number of aryl methyl sites for hydroxylation is 2. The number of nitrogens with zero attached hydrogens (tertiary/aromatic N) is 3. The van der Waals surface area contributed by atoms with E-state index >= 15 is 0 Å². The quantitative estimate of drug-likeness (QED) is 0.730. The van der Waals surface area contributed by atoms with E-state index < -0.39 is 0 Å². The fourth-order valence-corrected chi connectivity index (χ4v) is 1.30. The van der Waals surface area contributed by atoms with Crippen LogP contribution in [-0.2, 0) is 6.54 Å². The fourth-order valence-electron chi connectivity index (χ4n) is 1.30. The summed E-state index contributed by atoms with van der Waals surface area (Å²) in [5.74, 6) is 0.632. The van der Waals surface area contributed by atoms with Crippen molar-refractivity contribution in [3.63, 3.8) is 0 Å². The molecule has 0 aromatic carbocycles. The molecule has 0 unspecified atom stereocenters. The Labute approximate surface area is 86.3 Å². The summed E-state index contributed by atoms with van der Waals surface area (Å²) in [7, 11) is 0. The van der Waals surface area contributed by atoms with E-state index in [9.17, 15) is 4.79 Å². The highest BCUT2D eigenvalue weighted by Crippen LogP contribution is 2.02. The Morgan fingerprint density at radius 3 is 2.80 bits per heavy atom. The minimum atomic E-state index is -0.144. The van der Waals surface area contributed by atoms with Gasteiger partial charge in [0.1, 0.15) is 6.54 Å². The van der Waals surface area contributed by atoms with Crippen LogP contribution in [0.3, 0.4) is 0 Å². The minimum Gasteiger partial charge on any atom is -0.359 e. The van der Waals surface area contributed by atoms with Crippen molar-refractivity contribution in [3.8, 4) is 0 Å². The molecule has 5 nitrogen and oxygen atoms in total. The molecule has 78 valence electrons. The van der Waals surface area contributed by atoms with Crippen LogP contribution in [0.5, 0.6) is 0 Å². The van der Waals surface area contributed by atoms with Gasteiger partial charge in [0, 0.05) is 12.1 Å². The van der Waals surface area contributed by atoms with E-state index in [1.165, 1.54) is 10.7 Å². The zero-order valence-corrected chi connectivity index (χ0v) is 8.60. The molecule has 2 heterocycles. The molecule has 0 amide bonds. The lowest BCUT2D eigenvalue weighted by Gasteiger charge is -2.01. The Morgan fingerprint density at radius 2 is 2.13 bits per heavy atom. The van der Waals surface area contributed by atoms with Crippen molar-refractivity contribution < 1.29 is 4.52 Å². The van der Waals surface area contributed by atoms with Gasteiger partial charge >= 0.3 is 0 Å². The zero-order valence-electron chi connectivity index (χ0n) is 8.60. The van der Waals surface area contributed by atoms with Crippen LogP contribution in [0.15, 0.2) is 27.5 Å². The minimum absolute atomic E-state index is 0.144. The van der Waals surface area contributed by atoms with E-state index in [1.807, 2.05) is 13.8 Å². The SMILES string of the molecule is Cc1cc(Cn2nc(C)ccc2=O)on1. The number of aromatic nitrogens is 3. The Hall–Kier alpha value is -1.91. The third-order valence-electron chi connectivity index (χ3n) is 1.98. The molecule has 2 aromatic heterocycles. The molecule has 5 heteroatoms. The van der Waals surface area contributed by atoms with Gasteiger partial charge in [0.2, 0.25) is 0 Å². The predicted octanol–water partition coefficient (Wildman–Crippen LogP) is 0.896. The van der Waals surface area contributed by atoms with Crippen LogP contribution < -0.4 is 5.56 Å². The Bertz CT molecular complexity index is 527. The molecule has 15 heavy (non-hydrogen) atoms. The van der Waals surface area contributed by atoms with Crippen LogP contribution in [0.25, 0.3) is 0 Å². The van der Waals surface area contributed by atoms with E-state index in [0.29, 0.717) is 12.3 Å². The third-order valence-corrected chi connectivity index (χ3v) is 1.98. The summed E-state index contributed by atoms with van der Waals surface area (Å²) < 4.78 is 6.37. The number of rotatable bonds is 2. The summed E-state index contributed by atoms with van der Waals surface area (Å²) in [5.41, 5.74) is 1.45. The maximum Gasteiger partial charge on any atom is 0.267 e. The molecule has 0 fully saturated rings. The molecule has 2 aromatic rings. The third kappa shape index (κ3) is 2.12. The van der Waals surface area contributed by atoms with Crippen LogP contribution in [0.2, 0.25) is 0 Å². The summed E-state index contributed by atoms with van der Waals surface area (Å²) in [6, 6.07) is 4.96. The van der Waals surface area contributed by atoms with Gasteiger partial charge in [0.25, 0.3) is 5.56 Å². The van der Waals surface area contributed by atoms with Crippen molar-refractivity contribution in [2.24, 2.45) is 0 Å². The smallest absolute Gasteiger partial charge is 0.267 e. The lowest BCUT2D eigenvalue weighted by molar-refractivity contribution is 0.365. The average molecular weight is 205 g/mol. The fraction of sp³-hybridized carbons (Fsp3) is 0.300. The summed E-state index contributed by atoms with van der Waals surface area (Å²) >= 11 is 0. The topological polar surface area (TPSA) is 60.9 Å². The van der Waals surface area contributed by atoms with E-state index in [-0.39, 0.29) is 5.56 Å². The van der Waals surface area contributed by atoms with Crippen LogP contribution in [0.4, 0.5) is 0 Å². The van der Waals surface area contributed by atoms with Crippen molar-refractivity contribution >= 4 is 0 Å². The molecule has 0 radical (unpaired) electrons. The molecule has 0 bridgehead atoms. The van der Waals surface area contributed by atoms with Gasteiger partial charge < -0.3 is 4.52 Å². The van der Waals surface area contributed by atoms with Gasteiger partial charge in [-0.05, 0) is 19.9 Å². The van der Waals surface area contributed by atoms with Gasteiger partial charge in [0.05, 0.1) is 11.4 Å². The molecule has 0 atom stereocenters. The Kier molecular flexibility index (Phi) is 2.37. The lowest BCUT2D eigenvalue weighted by atomic mass is 10.4. The van der Waals surface area contributed by atoms with Crippen LogP contribution in [0.1, 0.15) is 17.1 Å². The van der Waals surface area contributed by atoms with E-state index in [1.54, 1.807) is 12.1 Å². The summed E-state index contributed by atoms with van der Waals surface area (Å²) in [6.45, 7) is 3.99. The molecule has 0 N–H and O–H groups in total. The predicted molar refractivity (Wildman–Crippen MR) is 53.6 cm³/mol. The number of hydrogen-bond donors (Lipinski definition) is 0. The van der Waals surface area contributed by atoms with Crippen molar-refractivity contribution in [2.75, 3.05) is 0 Å². The second kappa shape index (κ2) is 3.68. The maximum absolute atomic E-state index is 11.4. The first kappa shape index (κ1) is 9.64. The molecule has 0 aliphatic carbocycles. The van der Waals surface area contributed by atoms with Crippen LogP contribution in [-0.4, -0.2) is 14.9 Å². The maximum atomic E-state index is 11.4. The van der Waals surface area contributed by atoms with Crippen molar-refractivity contribution in [2.45, 2.75) is 20.4 Å². The second-order valence-corrected chi connectivity index (χ2v) is 3.41. The summed E-state index contributed by atoms with van der Waals surface area (Å²) in [4.78, 5) is 11.4. The molecule has 0 aliphatic heterocycles. The highest BCUT2D eigenvalue weighted by Gasteiger charge is 2.04. The van der Waals surface area contributed by atoms with Crippen LogP contribution >= 0.6 is 0 Å². The highest BCUT2D eigenvalue weighted by molar-refractivity contribution is 5.04. The van der Waals surface area contributed by atoms with Gasteiger partial charge in [-0.1, -0.05) is 5.16 Å². The first-order valence-electron chi connectivity index (χ1n) is 4.62. The first-order valence-corrected chi connectivity index (χ1v) is 4.62. The summed E-state index contributed by atoms with van der Waals surface area (Å²) in [6.07, 6.45) is 0. The highest BCUT2D eigenvalue weighted by atomic mass is 16.5. The molecular weight excluding hydrogens is 194 g/mol. The Morgan fingerprint density at radius 1 is 1.33 bits per heavy atom. The average Bonchev–Trinajstić information content (AvgIpc) is 2.58. The number of hydrogen-bond acceptors (Lipinski definition) is 4. The van der Waals surface area contributed by atoms with Crippen molar-refractivity contribution in [3.05, 3.63) is 45.7 Å². The molecular formula is C10H11N3O2. The Balaban J connectivity index is 2.31. The molecule has 0 saturated carbocycles. The van der Waals surface area contributed by atoms with Gasteiger partial charge in [0.15, 0.2) is 5.76 Å². The molecule has 0 spiro atoms. The molecule has 0 saturated heterocycles. The molecule has 2 rings (SSSR count). The van der Waals surface area contributed by atoms with Gasteiger partial charge in [-0.2, -0.15) is 5.10 Å². The van der Waals surface area contributed by atoms with Crippen molar-refractivity contribution in [1.29, 1.82) is 0 Å². The van der Waals surface area contributed by atoms with E-state index in [4.69, 9.17) is 4.52 Å². The monoisotopic (exact) mass is 205 g/mol. The standard InChI is InChI=1S/C10H11N3O2/c1-7-3-4-10(14)13(11-7)6-9-5-8(2)12-15-9/h3-5H,6H2,1-2H3. The largest absolute Gasteiger partial charge is 0.359 e. The molecule has 0 aliphatic rings. The van der Waals surface area contributed by atoms with Gasteiger partial charge in [-0.25, -0.2) is 4.68 Å². The van der Waals surface area contributed by atoms with E-state index in [0.717, 1.165) is 11.4 Å². The normalized spacial score (nSPS) is 10.5. The second-order valence-electron chi connectivity index (χ2n) is 3.41. The van der Waals surface area contributed by atoms with Crippen molar-refractivity contribution in [1.82, 2.24) is 14.9 Å². The van der Waals surface area contributed by atoms with E-state index in [2.05, 4.69) is 10.3 Å². The zero-order chi connectivity index (χ0) is 10.8. The van der Waals surface area contributed by atoms with Gasteiger partial charge in [-0.3, -0.25) is 4.79 Å². The van der Waals surface area contributed by atoms with Crippen LogP contribution in [0, 0.1) is 13.8 Å². The van der Waals surface area contributed by atoms with Gasteiger partial charge in [-0.15, -0.1) is 0 Å². The summed E-state index contributed by atoms with van der Waals surface area (Å²) in [5, 5.41) is 7.84. The first-order chi connectivity index (χ1) is 7.15.